The molecule has 9 heavy (non-hydrogen) atoms. The minimum atomic E-state index is -3.82. The van der Waals surface area contributed by atoms with Crippen molar-refractivity contribution in [2.24, 2.45) is 0 Å². The van der Waals surface area contributed by atoms with Crippen molar-refractivity contribution in [3.8, 4) is 0 Å². The van der Waals surface area contributed by atoms with Crippen molar-refractivity contribution in [2.75, 3.05) is 6.61 Å². The molecule has 56 valence electrons. The standard InChI is InChI=1S/C4H11O4P/c1-3-7-9(5,6)8-4-2/h3,5-6,9H,1,4H2,2H3. The predicted octanol–water partition coefficient (Wildman–Crippen LogP) is 0.577. The van der Waals surface area contributed by atoms with Crippen molar-refractivity contribution in [1.82, 2.24) is 0 Å². The zero-order chi connectivity index (χ0) is 7.33. The van der Waals surface area contributed by atoms with Gasteiger partial charge in [-0.1, -0.05) is 0 Å². The fraction of sp³-hybridized carbons (Fsp3) is 0.500. The Balaban J connectivity index is 3.55. The van der Waals surface area contributed by atoms with Crippen LogP contribution in [0, 0.1) is 0 Å². The van der Waals surface area contributed by atoms with E-state index in [-0.39, 0.29) is 6.61 Å². The van der Waals surface area contributed by atoms with Gasteiger partial charge >= 0.3 is 53.4 Å². The average Bonchev–Trinajstić information content (AvgIpc) is 1.64. The third-order valence-electron chi connectivity index (χ3n) is 0.569. The maximum atomic E-state index is 8.69. The molecule has 5 heteroatoms. The molecule has 0 amide bonds. The van der Waals surface area contributed by atoms with E-state index < -0.39 is 8.17 Å². The summed E-state index contributed by atoms with van der Waals surface area (Å²) in [5, 5.41) is 0. The molecule has 0 aliphatic carbocycles. The molecule has 4 nitrogen and oxygen atoms in total. The Morgan fingerprint density at radius 2 is 2.22 bits per heavy atom. The third kappa shape index (κ3) is 4.36. The van der Waals surface area contributed by atoms with Crippen molar-refractivity contribution in [3.05, 3.63) is 12.8 Å². The van der Waals surface area contributed by atoms with E-state index in [0.717, 1.165) is 6.26 Å². The van der Waals surface area contributed by atoms with E-state index in [9.17, 15) is 0 Å². The molecule has 0 saturated heterocycles. The van der Waals surface area contributed by atoms with Crippen molar-refractivity contribution >= 4 is 8.17 Å². The van der Waals surface area contributed by atoms with Crippen LogP contribution in [-0.2, 0) is 9.05 Å². The van der Waals surface area contributed by atoms with E-state index in [1.54, 1.807) is 6.92 Å². The number of hydrogen-bond donors (Lipinski definition) is 2. The predicted molar refractivity (Wildman–Crippen MR) is 35.7 cm³/mol. The molecule has 0 heterocycles. The first-order valence-electron chi connectivity index (χ1n) is 2.50. The first-order valence-corrected chi connectivity index (χ1v) is 4.21. The van der Waals surface area contributed by atoms with Gasteiger partial charge in [0.2, 0.25) is 0 Å². The molecule has 0 unspecified atom stereocenters. The molecule has 0 aliphatic rings. The van der Waals surface area contributed by atoms with Gasteiger partial charge in [-0.05, 0) is 0 Å². The van der Waals surface area contributed by atoms with Crippen LogP contribution in [0.4, 0.5) is 0 Å². The van der Waals surface area contributed by atoms with Crippen LogP contribution >= 0.6 is 8.17 Å². The molecular formula is C4H11O4P. The Hall–Kier alpha value is -0.150. The summed E-state index contributed by atoms with van der Waals surface area (Å²) in [4.78, 5) is 17.4. The zero-order valence-electron chi connectivity index (χ0n) is 5.20. The van der Waals surface area contributed by atoms with Gasteiger partial charge in [0, 0.05) is 0 Å². The van der Waals surface area contributed by atoms with E-state index in [1.807, 2.05) is 0 Å². The number of rotatable bonds is 4. The molecule has 2 N–H and O–H groups in total. The van der Waals surface area contributed by atoms with E-state index >= 15 is 0 Å². The fourth-order valence-electron chi connectivity index (χ4n) is 0.331. The second-order valence-corrected chi connectivity index (χ2v) is 2.89. The molecule has 0 aromatic heterocycles. The van der Waals surface area contributed by atoms with Crippen molar-refractivity contribution in [3.63, 3.8) is 0 Å². The summed E-state index contributed by atoms with van der Waals surface area (Å²) in [6.45, 7) is 5.00. The van der Waals surface area contributed by atoms with E-state index in [4.69, 9.17) is 9.79 Å². The second kappa shape index (κ2) is 3.80. The van der Waals surface area contributed by atoms with Crippen LogP contribution < -0.4 is 0 Å². The van der Waals surface area contributed by atoms with Crippen molar-refractivity contribution in [2.45, 2.75) is 6.92 Å². The molecule has 0 fully saturated rings. The summed E-state index contributed by atoms with van der Waals surface area (Å²) in [6, 6.07) is 0. The van der Waals surface area contributed by atoms with Crippen molar-refractivity contribution < 1.29 is 18.8 Å². The normalized spacial score (nSPS) is 12.8. The summed E-state index contributed by atoms with van der Waals surface area (Å²) in [5.74, 6) is 0. The molecule has 0 spiro atoms. The Bertz CT molecular complexity index is 92.6. The molecule has 0 bridgehead atoms. The van der Waals surface area contributed by atoms with Crippen LogP contribution in [0.3, 0.4) is 0 Å². The van der Waals surface area contributed by atoms with E-state index in [1.165, 1.54) is 0 Å². The van der Waals surface area contributed by atoms with Gasteiger partial charge in [0.1, 0.15) is 0 Å². The van der Waals surface area contributed by atoms with Gasteiger partial charge in [-0.25, -0.2) is 0 Å². The first-order chi connectivity index (χ1) is 4.12. The van der Waals surface area contributed by atoms with Gasteiger partial charge < -0.3 is 0 Å². The molecule has 0 atom stereocenters. The van der Waals surface area contributed by atoms with Crippen LogP contribution in [0.25, 0.3) is 0 Å². The summed E-state index contributed by atoms with van der Waals surface area (Å²) in [5.41, 5.74) is 0. The molecule has 0 rings (SSSR count). The summed E-state index contributed by atoms with van der Waals surface area (Å²) in [7, 11) is -3.82. The average molecular weight is 154 g/mol. The molecular weight excluding hydrogens is 143 g/mol. The molecule has 0 radical (unpaired) electrons. The van der Waals surface area contributed by atoms with Crippen LogP contribution in [-0.4, -0.2) is 16.4 Å². The van der Waals surface area contributed by atoms with Gasteiger partial charge in [-0.15, -0.1) is 0 Å². The van der Waals surface area contributed by atoms with Crippen LogP contribution in [0.1, 0.15) is 6.92 Å². The summed E-state index contributed by atoms with van der Waals surface area (Å²) < 4.78 is 8.69. The Kier molecular flexibility index (Phi) is 3.73. The van der Waals surface area contributed by atoms with Crippen LogP contribution in [0.2, 0.25) is 0 Å². The molecule has 0 aromatic carbocycles. The SMILES string of the molecule is C=CO[PH](O)(O)OCC. The Morgan fingerprint density at radius 3 is 2.56 bits per heavy atom. The minimum absolute atomic E-state index is 0.215. The Labute approximate surface area is 54.4 Å². The van der Waals surface area contributed by atoms with Gasteiger partial charge in [-0.2, -0.15) is 0 Å². The van der Waals surface area contributed by atoms with Crippen molar-refractivity contribution in [1.29, 1.82) is 0 Å². The molecule has 0 saturated carbocycles. The topological polar surface area (TPSA) is 58.9 Å². The summed E-state index contributed by atoms with van der Waals surface area (Å²) in [6.07, 6.45) is 0.946. The number of hydrogen-bond acceptors (Lipinski definition) is 4. The van der Waals surface area contributed by atoms with Crippen LogP contribution in [0.15, 0.2) is 12.8 Å². The third-order valence-corrected chi connectivity index (χ3v) is 1.71. The second-order valence-electron chi connectivity index (χ2n) is 1.27. The monoisotopic (exact) mass is 154 g/mol. The van der Waals surface area contributed by atoms with Gasteiger partial charge in [0.25, 0.3) is 0 Å². The summed E-state index contributed by atoms with van der Waals surface area (Å²) >= 11 is 0. The van der Waals surface area contributed by atoms with Gasteiger partial charge in [-0.3, -0.25) is 0 Å². The first kappa shape index (κ1) is 8.85. The van der Waals surface area contributed by atoms with E-state index in [2.05, 4.69) is 15.6 Å². The van der Waals surface area contributed by atoms with E-state index in [0.29, 0.717) is 0 Å². The zero-order valence-corrected chi connectivity index (χ0v) is 6.20. The van der Waals surface area contributed by atoms with Gasteiger partial charge in [0.15, 0.2) is 0 Å². The molecule has 0 aromatic rings. The van der Waals surface area contributed by atoms with Crippen LogP contribution in [0.5, 0.6) is 0 Å². The quantitative estimate of drug-likeness (QED) is 0.459. The maximum absolute atomic E-state index is 8.69. The van der Waals surface area contributed by atoms with Gasteiger partial charge in [0.05, 0.1) is 0 Å². The molecule has 0 aliphatic heterocycles. The Morgan fingerprint density at radius 1 is 1.67 bits per heavy atom. The fourth-order valence-corrected chi connectivity index (χ4v) is 0.992.